The molecular weight excluding hydrogens is 298 g/mol. The highest BCUT2D eigenvalue weighted by molar-refractivity contribution is 7.22. The van der Waals surface area contributed by atoms with Crippen molar-refractivity contribution >= 4 is 27.3 Å². The van der Waals surface area contributed by atoms with Gasteiger partial charge in [0, 0.05) is 11.6 Å². The van der Waals surface area contributed by atoms with E-state index in [-0.39, 0.29) is 5.78 Å². The van der Waals surface area contributed by atoms with Crippen molar-refractivity contribution in [2.24, 2.45) is 0 Å². The molecule has 1 heterocycles. The van der Waals surface area contributed by atoms with Gasteiger partial charge < -0.3 is 9.47 Å². The minimum absolute atomic E-state index is 0.0746. The van der Waals surface area contributed by atoms with Gasteiger partial charge in [0.05, 0.1) is 24.5 Å². The molecule has 0 aliphatic rings. The zero-order valence-electron chi connectivity index (χ0n) is 12.5. The molecule has 5 heteroatoms. The van der Waals surface area contributed by atoms with Crippen molar-refractivity contribution in [1.29, 1.82) is 0 Å². The molecule has 0 aliphatic heterocycles. The third-order valence-corrected chi connectivity index (χ3v) is 4.53. The summed E-state index contributed by atoms with van der Waals surface area (Å²) in [5.74, 6) is 1.08. The first kappa shape index (κ1) is 14.5. The molecular formula is C17H15NO3S. The molecule has 3 rings (SSSR count). The molecule has 0 atom stereocenters. The molecule has 22 heavy (non-hydrogen) atoms. The minimum atomic E-state index is -0.0746. The van der Waals surface area contributed by atoms with Crippen molar-refractivity contribution in [3.8, 4) is 22.1 Å². The van der Waals surface area contributed by atoms with E-state index >= 15 is 0 Å². The van der Waals surface area contributed by atoms with Gasteiger partial charge in [-0.15, -0.1) is 11.3 Å². The van der Waals surface area contributed by atoms with E-state index in [0.29, 0.717) is 22.6 Å². The van der Waals surface area contributed by atoms with Crippen LogP contribution in [0.5, 0.6) is 11.5 Å². The van der Waals surface area contributed by atoms with Crippen molar-refractivity contribution in [3.05, 3.63) is 42.0 Å². The molecule has 0 unspecified atom stereocenters. The summed E-state index contributed by atoms with van der Waals surface area (Å²) in [4.78, 5) is 16.7. The van der Waals surface area contributed by atoms with Crippen LogP contribution in [-0.2, 0) is 0 Å². The Morgan fingerprint density at radius 1 is 1.09 bits per heavy atom. The summed E-state index contributed by atoms with van der Waals surface area (Å²) < 4.78 is 11.6. The van der Waals surface area contributed by atoms with E-state index in [9.17, 15) is 4.79 Å². The normalized spacial score (nSPS) is 10.7. The van der Waals surface area contributed by atoms with Gasteiger partial charge in [-0.3, -0.25) is 4.79 Å². The molecule has 0 N–H and O–H groups in total. The number of fused-ring (bicyclic) bond motifs is 1. The van der Waals surface area contributed by atoms with Crippen molar-refractivity contribution in [3.63, 3.8) is 0 Å². The Morgan fingerprint density at radius 3 is 2.36 bits per heavy atom. The lowest BCUT2D eigenvalue weighted by Gasteiger charge is -2.09. The number of Topliss-reactive ketones (excluding diaryl/α,β-unsaturated/α-hetero) is 1. The number of ketones is 1. The number of ether oxygens (including phenoxy) is 2. The van der Waals surface area contributed by atoms with Crippen LogP contribution in [0.25, 0.3) is 20.8 Å². The first-order valence-electron chi connectivity index (χ1n) is 6.77. The second-order valence-corrected chi connectivity index (χ2v) is 5.77. The standard InChI is InChI=1S/C17H15NO3S/c1-10(19)14-12(20-2)9-13(21-3)16-15(14)18-17(22-16)11-7-5-4-6-8-11/h4-9H,1-3H3. The van der Waals surface area contributed by atoms with Crippen LogP contribution >= 0.6 is 11.3 Å². The molecule has 0 fully saturated rings. The van der Waals surface area contributed by atoms with Gasteiger partial charge >= 0.3 is 0 Å². The molecule has 2 aromatic carbocycles. The summed E-state index contributed by atoms with van der Waals surface area (Å²) in [5.41, 5.74) is 2.14. The van der Waals surface area contributed by atoms with Crippen LogP contribution in [0.1, 0.15) is 17.3 Å². The second-order valence-electron chi connectivity index (χ2n) is 4.78. The van der Waals surface area contributed by atoms with E-state index in [1.165, 1.54) is 25.4 Å². The number of aromatic nitrogens is 1. The largest absolute Gasteiger partial charge is 0.496 e. The fraction of sp³-hybridized carbons (Fsp3) is 0.176. The SMILES string of the molecule is COc1cc(OC)c2sc(-c3ccccc3)nc2c1C(C)=O. The van der Waals surface area contributed by atoms with Crippen LogP contribution in [0.2, 0.25) is 0 Å². The van der Waals surface area contributed by atoms with Gasteiger partial charge in [-0.05, 0) is 6.92 Å². The third kappa shape index (κ3) is 2.33. The molecule has 0 saturated heterocycles. The molecule has 0 aliphatic carbocycles. The average molecular weight is 313 g/mol. The zero-order chi connectivity index (χ0) is 15.7. The van der Waals surface area contributed by atoms with Gasteiger partial charge in [0.15, 0.2) is 5.78 Å². The summed E-state index contributed by atoms with van der Waals surface area (Å²) in [6.45, 7) is 1.52. The molecule has 3 aromatic rings. The fourth-order valence-electron chi connectivity index (χ4n) is 2.39. The lowest BCUT2D eigenvalue weighted by molar-refractivity contribution is 0.101. The maximum atomic E-state index is 12.0. The van der Waals surface area contributed by atoms with Crippen molar-refractivity contribution < 1.29 is 14.3 Å². The predicted octanol–water partition coefficient (Wildman–Crippen LogP) is 4.18. The van der Waals surface area contributed by atoms with Crippen LogP contribution in [0.4, 0.5) is 0 Å². The number of thiazole rings is 1. The van der Waals surface area contributed by atoms with Gasteiger partial charge in [0.25, 0.3) is 0 Å². The molecule has 0 bridgehead atoms. The maximum Gasteiger partial charge on any atom is 0.165 e. The molecule has 4 nitrogen and oxygen atoms in total. The summed E-state index contributed by atoms with van der Waals surface area (Å²) in [6.07, 6.45) is 0. The maximum absolute atomic E-state index is 12.0. The van der Waals surface area contributed by atoms with Crippen LogP contribution in [-0.4, -0.2) is 25.0 Å². The molecule has 112 valence electrons. The van der Waals surface area contributed by atoms with E-state index < -0.39 is 0 Å². The minimum Gasteiger partial charge on any atom is -0.496 e. The topological polar surface area (TPSA) is 48.4 Å². The average Bonchev–Trinajstić information content (AvgIpc) is 2.98. The Hall–Kier alpha value is -2.40. The van der Waals surface area contributed by atoms with E-state index in [4.69, 9.17) is 9.47 Å². The van der Waals surface area contributed by atoms with Crippen molar-refractivity contribution in [1.82, 2.24) is 4.98 Å². The van der Waals surface area contributed by atoms with E-state index in [0.717, 1.165) is 15.3 Å². The first-order chi connectivity index (χ1) is 10.7. The van der Waals surface area contributed by atoms with Crippen LogP contribution in [0.15, 0.2) is 36.4 Å². The fourth-order valence-corrected chi connectivity index (χ4v) is 3.46. The van der Waals surface area contributed by atoms with Gasteiger partial charge in [0.2, 0.25) is 0 Å². The Kier molecular flexibility index (Phi) is 3.81. The smallest absolute Gasteiger partial charge is 0.165 e. The first-order valence-corrected chi connectivity index (χ1v) is 7.59. The number of hydrogen-bond acceptors (Lipinski definition) is 5. The molecule has 0 amide bonds. The summed E-state index contributed by atoms with van der Waals surface area (Å²) in [5, 5.41) is 0.852. The number of carbonyl (C=O) groups is 1. The lowest BCUT2D eigenvalue weighted by Crippen LogP contribution is -2.00. The van der Waals surface area contributed by atoms with Gasteiger partial charge in [0.1, 0.15) is 22.0 Å². The van der Waals surface area contributed by atoms with Crippen LogP contribution in [0, 0.1) is 0 Å². The highest BCUT2D eigenvalue weighted by atomic mass is 32.1. The highest BCUT2D eigenvalue weighted by Gasteiger charge is 2.21. The second kappa shape index (κ2) is 5.77. The number of hydrogen-bond donors (Lipinski definition) is 0. The summed E-state index contributed by atoms with van der Waals surface area (Å²) in [6, 6.07) is 11.6. The zero-order valence-corrected chi connectivity index (χ0v) is 13.4. The Morgan fingerprint density at radius 2 is 1.77 bits per heavy atom. The number of methoxy groups -OCH3 is 2. The number of benzene rings is 2. The van der Waals surface area contributed by atoms with Gasteiger partial charge in [-0.25, -0.2) is 4.98 Å². The number of rotatable bonds is 4. The molecule has 1 aromatic heterocycles. The number of nitrogens with zero attached hydrogens (tertiary/aromatic N) is 1. The van der Waals surface area contributed by atoms with Crippen LogP contribution < -0.4 is 9.47 Å². The summed E-state index contributed by atoms with van der Waals surface area (Å²) >= 11 is 1.51. The molecule has 0 saturated carbocycles. The van der Waals surface area contributed by atoms with Crippen molar-refractivity contribution in [2.45, 2.75) is 6.92 Å². The van der Waals surface area contributed by atoms with Gasteiger partial charge in [-0.1, -0.05) is 30.3 Å². The Balaban J connectivity index is 2.34. The third-order valence-electron chi connectivity index (χ3n) is 3.41. The molecule has 0 spiro atoms. The van der Waals surface area contributed by atoms with E-state index in [1.807, 2.05) is 30.3 Å². The summed E-state index contributed by atoms with van der Waals surface area (Å²) in [7, 11) is 3.14. The number of carbonyl (C=O) groups excluding carboxylic acids is 1. The monoisotopic (exact) mass is 313 g/mol. The highest BCUT2D eigenvalue weighted by Crippen LogP contribution is 2.41. The van der Waals surface area contributed by atoms with Crippen LogP contribution in [0.3, 0.4) is 0 Å². The Bertz CT molecular complexity index is 840. The Labute approximate surface area is 132 Å². The van der Waals surface area contributed by atoms with Gasteiger partial charge in [-0.2, -0.15) is 0 Å². The lowest BCUT2D eigenvalue weighted by atomic mass is 10.1. The predicted molar refractivity (Wildman–Crippen MR) is 88.2 cm³/mol. The molecule has 0 radical (unpaired) electrons. The van der Waals surface area contributed by atoms with Crippen molar-refractivity contribution in [2.75, 3.05) is 14.2 Å². The van der Waals surface area contributed by atoms with E-state index in [2.05, 4.69) is 4.98 Å². The van der Waals surface area contributed by atoms with E-state index in [1.54, 1.807) is 13.2 Å². The quantitative estimate of drug-likeness (QED) is 0.678.